The molecule has 4 N–H and O–H groups in total. The molecule has 216 valence electrons. The van der Waals surface area contributed by atoms with Gasteiger partial charge in [0.25, 0.3) is 12.4 Å². The Balaban J connectivity index is 0.00000118. The van der Waals surface area contributed by atoms with Crippen LogP contribution in [0.1, 0.15) is 41.3 Å². The molecule has 1 saturated carbocycles. The monoisotopic (exact) mass is 574 g/mol. The number of halogens is 1. The van der Waals surface area contributed by atoms with Crippen LogP contribution in [-0.2, 0) is 34.2 Å². The molecule has 12 heteroatoms. The van der Waals surface area contributed by atoms with Gasteiger partial charge in [-0.15, -0.1) is 0 Å². The number of aliphatic hydroxyl groups is 1. The van der Waals surface area contributed by atoms with Gasteiger partial charge in [-0.25, -0.2) is 12.8 Å². The first-order valence-electron chi connectivity index (χ1n) is 13.2. The summed E-state index contributed by atoms with van der Waals surface area (Å²) in [5.41, 5.74) is 3.25. The smallest absolute Gasteiger partial charge is 0.290 e. The third-order valence-corrected chi connectivity index (χ3v) is 9.07. The quantitative estimate of drug-likeness (QED) is 0.288. The molecule has 2 aromatic carbocycles. The summed E-state index contributed by atoms with van der Waals surface area (Å²) in [6.07, 6.45) is 4.17. The van der Waals surface area contributed by atoms with E-state index in [0.29, 0.717) is 35.9 Å². The van der Waals surface area contributed by atoms with Crippen LogP contribution in [0.25, 0.3) is 10.9 Å². The number of amides is 1. The largest absolute Gasteiger partial charge is 0.483 e. The van der Waals surface area contributed by atoms with E-state index in [-0.39, 0.29) is 24.5 Å². The second-order valence-electron chi connectivity index (χ2n) is 10.1. The van der Waals surface area contributed by atoms with Gasteiger partial charge in [0.05, 0.1) is 29.1 Å². The number of carboxylic acid groups (broad SMARTS) is 1. The second kappa shape index (κ2) is 12.4. The molecule has 3 aromatic rings. The minimum absolute atomic E-state index is 0.0253. The number of carbonyl (C=O) groups excluding carboxylic acids is 1. The molecule has 0 bridgehead atoms. The lowest BCUT2D eigenvalue weighted by atomic mass is 9.99. The fourth-order valence-electron chi connectivity index (χ4n) is 4.99. The summed E-state index contributed by atoms with van der Waals surface area (Å²) < 4.78 is 42.7. The van der Waals surface area contributed by atoms with Crippen molar-refractivity contribution in [2.75, 3.05) is 23.7 Å². The number of sulfonamides is 1. The number of aromatic nitrogens is 1. The number of hydrogen-bond acceptors (Lipinski definition) is 6. The molecule has 1 aliphatic carbocycles. The number of carbonyl (C=O) groups is 2. The van der Waals surface area contributed by atoms with Crippen LogP contribution in [0.3, 0.4) is 0 Å². The van der Waals surface area contributed by atoms with Gasteiger partial charge >= 0.3 is 0 Å². The topological polar surface area (TPSA) is 141 Å². The highest BCUT2D eigenvalue weighted by Gasteiger charge is 2.30. The number of benzene rings is 2. The van der Waals surface area contributed by atoms with Crippen molar-refractivity contribution in [2.45, 2.75) is 57.3 Å². The lowest BCUT2D eigenvalue weighted by molar-refractivity contribution is -0.122. The van der Waals surface area contributed by atoms with Gasteiger partial charge in [-0.3, -0.25) is 13.9 Å². The minimum Gasteiger partial charge on any atom is -0.483 e. The predicted molar refractivity (Wildman–Crippen MR) is 151 cm³/mol. The van der Waals surface area contributed by atoms with E-state index in [0.717, 1.165) is 35.7 Å². The Labute approximate surface area is 232 Å². The van der Waals surface area contributed by atoms with E-state index in [2.05, 4.69) is 10.6 Å². The Morgan fingerprint density at radius 1 is 1.25 bits per heavy atom. The molecule has 0 spiro atoms. The van der Waals surface area contributed by atoms with Gasteiger partial charge in [-0.2, -0.15) is 0 Å². The average Bonchev–Trinajstić information content (AvgIpc) is 3.69. The highest BCUT2D eigenvalue weighted by molar-refractivity contribution is 7.92. The Morgan fingerprint density at radius 3 is 2.62 bits per heavy atom. The van der Waals surface area contributed by atoms with Crippen LogP contribution in [0.4, 0.5) is 10.1 Å². The first-order chi connectivity index (χ1) is 19.1. The Bertz CT molecular complexity index is 1490. The van der Waals surface area contributed by atoms with Gasteiger partial charge in [0.15, 0.2) is 0 Å². The van der Waals surface area contributed by atoms with Crippen molar-refractivity contribution in [3.8, 4) is 0 Å². The number of aliphatic hydroxyl groups excluding tert-OH is 1. The highest BCUT2D eigenvalue weighted by Crippen LogP contribution is 2.35. The van der Waals surface area contributed by atoms with Crippen molar-refractivity contribution in [3.05, 3.63) is 65.1 Å². The molecule has 40 heavy (non-hydrogen) atoms. The third kappa shape index (κ3) is 6.62. The molecule has 5 rings (SSSR count). The van der Waals surface area contributed by atoms with Gasteiger partial charge in [-0.05, 0) is 61.1 Å². The van der Waals surface area contributed by atoms with E-state index in [1.54, 1.807) is 24.3 Å². The molecular weight excluding hydrogens is 539 g/mol. The maximum atomic E-state index is 13.8. The molecule has 1 aromatic heterocycles. The highest BCUT2D eigenvalue weighted by atomic mass is 32.2. The van der Waals surface area contributed by atoms with Crippen molar-refractivity contribution >= 4 is 39.0 Å². The summed E-state index contributed by atoms with van der Waals surface area (Å²) in [4.78, 5) is 21.9. The van der Waals surface area contributed by atoms with E-state index in [4.69, 9.17) is 9.90 Å². The SMILES string of the molecule is CCc1cn2c3c(cc(C(=O)N[C@@H](Cc4cccc(F)c4)[C@H](O)CNC4CC4)cc13)N(C)S(=O)(=O)CC2.O=CO. The summed E-state index contributed by atoms with van der Waals surface area (Å²) in [7, 11) is -2.02. The van der Waals surface area contributed by atoms with E-state index < -0.39 is 28.1 Å². The number of rotatable bonds is 9. The van der Waals surface area contributed by atoms with Gasteiger partial charge in [0.1, 0.15) is 5.82 Å². The number of anilines is 1. The summed E-state index contributed by atoms with van der Waals surface area (Å²) in [6, 6.07) is 9.23. The van der Waals surface area contributed by atoms with E-state index in [9.17, 15) is 22.7 Å². The molecule has 2 heterocycles. The second-order valence-corrected chi connectivity index (χ2v) is 12.3. The minimum atomic E-state index is -3.54. The molecule has 0 radical (unpaired) electrons. The van der Waals surface area contributed by atoms with Gasteiger partial charge in [0, 0.05) is 43.3 Å². The predicted octanol–water partition coefficient (Wildman–Crippen LogP) is 2.28. The van der Waals surface area contributed by atoms with Gasteiger partial charge in [-0.1, -0.05) is 19.1 Å². The van der Waals surface area contributed by atoms with Crippen LogP contribution in [0.5, 0.6) is 0 Å². The molecular formula is C28H35FN4O6S. The van der Waals surface area contributed by atoms with E-state index in [1.165, 1.54) is 23.5 Å². The normalized spacial score (nSPS) is 17.4. The van der Waals surface area contributed by atoms with Gasteiger partial charge < -0.3 is 25.4 Å². The zero-order valence-corrected chi connectivity index (χ0v) is 23.3. The van der Waals surface area contributed by atoms with Crippen molar-refractivity contribution in [1.29, 1.82) is 0 Å². The number of nitrogens with zero attached hydrogens (tertiary/aromatic N) is 2. The molecule has 1 fully saturated rings. The summed E-state index contributed by atoms with van der Waals surface area (Å²) >= 11 is 0. The summed E-state index contributed by atoms with van der Waals surface area (Å²) in [5, 5.41) is 24.9. The van der Waals surface area contributed by atoms with Crippen LogP contribution >= 0.6 is 0 Å². The molecule has 2 atom stereocenters. The van der Waals surface area contributed by atoms with Crippen LogP contribution in [0.2, 0.25) is 0 Å². The summed E-state index contributed by atoms with van der Waals surface area (Å²) in [6.45, 7) is 2.42. The average molecular weight is 575 g/mol. The number of aryl methyl sites for hydroxylation is 2. The van der Waals surface area contributed by atoms with Gasteiger partial charge in [0.2, 0.25) is 10.0 Å². The molecule has 1 amide bonds. The fraction of sp³-hybridized carbons (Fsp3) is 0.429. The van der Waals surface area contributed by atoms with Crippen LogP contribution in [-0.4, -0.2) is 73.1 Å². The Hall–Kier alpha value is -3.48. The Kier molecular flexibility index (Phi) is 9.12. The molecule has 2 aliphatic rings. The third-order valence-electron chi connectivity index (χ3n) is 7.34. The maximum Gasteiger partial charge on any atom is 0.290 e. The zero-order valence-electron chi connectivity index (χ0n) is 22.5. The van der Waals surface area contributed by atoms with Crippen LogP contribution in [0, 0.1) is 5.82 Å². The molecule has 0 saturated heterocycles. The zero-order chi connectivity index (χ0) is 29.0. The van der Waals surface area contributed by atoms with Crippen LogP contribution < -0.4 is 14.9 Å². The number of hydrogen-bond donors (Lipinski definition) is 4. The standard InChI is InChI=1S/C27H33FN4O4S.CH2O2/c1-3-18-16-32-9-10-37(35,36)31(2)24-14-19(13-22(18)26(24)32)27(34)30-23(25(33)15-29-21-7-8-21)12-17-5-4-6-20(28)11-17;2-1-3/h4-6,11,13-14,16,21,23,25,29,33H,3,7-10,12,15H2,1-2H3,(H,30,34);1H,(H,2,3)/t23-,25+;/m0./s1. The van der Waals surface area contributed by atoms with E-state index >= 15 is 0 Å². The lowest BCUT2D eigenvalue weighted by Crippen LogP contribution is -2.49. The molecule has 10 nitrogen and oxygen atoms in total. The van der Waals surface area contributed by atoms with Crippen molar-refractivity contribution in [1.82, 2.24) is 15.2 Å². The summed E-state index contributed by atoms with van der Waals surface area (Å²) in [5.74, 6) is -0.827. The fourth-order valence-corrected chi connectivity index (χ4v) is 6.13. The first kappa shape index (κ1) is 29.5. The molecule has 0 unspecified atom stereocenters. The van der Waals surface area contributed by atoms with Crippen molar-refractivity contribution in [3.63, 3.8) is 0 Å². The Morgan fingerprint density at radius 2 is 1.98 bits per heavy atom. The van der Waals surface area contributed by atoms with E-state index in [1.807, 2.05) is 17.7 Å². The lowest BCUT2D eigenvalue weighted by Gasteiger charge is -2.25. The number of nitrogens with one attached hydrogen (secondary N) is 2. The van der Waals surface area contributed by atoms with Crippen LogP contribution in [0.15, 0.2) is 42.6 Å². The van der Waals surface area contributed by atoms with Crippen molar-refractivity contribution in [2.24, 2.45) is 0 Å². The molecule has 1 aliphatic heterocycles. The van der Waals surface area contributed by atoms with Crippen molar-refractivity contribution < 1.29 is 32.6 Å². The first-order valence-corrected chi connectivity index (χ1v) is 14.9. The maximum absolute atomic E-state index is 13.8.